The summed E-state index contributed by atoms with van der Waals surface area (Å²) in [6.45, 7) is 0.305. The molecule has 21 heavy (non-hydrogen) atoms. The van der Waals surface area contributed by atoms with Gasteiger partial charge in [0.15, 0.2) is 0 Å². The van der Waals surface area contributed by atoms with Crippen LogP contribution in [0.2, 0.25) is 0 Å². The minimum absolute atomic E-state index is 0.0818. The number of hydrogen-bond donors (Lipinski definition) is 0. The fourth-order valence-electron chi connectivity index (χ4n) is 2.26. The van der Waals surface area contributed by atoms with Crippen molar-refractivity contribution in [2.24, 2.45) is 0 Å². The van der Waals surface area contributed by atoms with Gasteiger partial charge in [0.2, 0.25) is 5.95 Å². The zero-order chi connectivity index (χ0) is 14.8. The Bertz CT molecular complexity index is 671. The molecule has 3 nitrogen and oxygen atoms in total. The van der Waals surface area contributed by atoms with Crippen LogP contribution in [-0.2, 0) is 6.54 Å². The maximum atomic E-state index is 13.2. The molecule has 0 atom stereocenters. The molecular weight excluding hydrogens is 274 g/mol. The van der Waals surface area contributed by atoms with Crippen molar-refractivity contribution in [3.05, 3.63) is 65.5 Å². The van der Waals surface area contributed by atoms with Crippen molar-refractivity contribution in [2.75, 3.05) is 0 Å². The van der Waals surface area contributed by atoms with Gasteiger partial charge in [0, 0.05) is 12.6 Å². The van der Waals surface area contributed by atoms with E-state index < -0.39 is 5.95 Å². The number of benzene rings is 1. The maximum Gasteiger partial charge on any atom is 0.273 e. The molecule has 1 aliphatic carbocycles. The molecule has 1 aromatic heterocycles. The number of nitrogens with zero attached hydrogens (tertiary/aromatic N) is 2. The van der Waals surface area contributed by atoms with E-state index in [1.54, 1.807) is 17.0 Å². The van der Waals surface area contributed by atoms with Crippen LogP contribution in [0.3, 0.4) is 0 Å². The summed E-state index contributed by atoms with van der Waals surface area (Å²) in [5, 5.41) is 0. The predicted molar refractivity (Wildman–Crippen MR) is 73.5 cm³/mol. The van der Waals surface area contributed by atoms with Gasteiger partial charge in [-0.1, -0.05) is 18.2 Å². The molecule has 1 fully saturated rings. The minimum atomic E-state index is -0.678. The van der Waals surface area contributed by atoms with Crippen LogP contribution in [0.4, 0.5) is 8.78 Å². The smallest absolute Gasteiger partial charge is 0.273 e. The Morgan fingerprint density at radius 3 is 2.62 bits per heavy atom. The SMILES string of the molecule is O=C(c1cccc(F)n1)N(Cc1cccc(F)c1)C1CC1. The van der Waals surface area contributed by atoms with Gasteiger partial charge in [-0.05, 0) is 42.7 Å². The zero-order valence-electron chi connectivity index (χ0n) is 11.3. The van der Waals surface area contributed by atoms with E-state index in [4.69, 9.17) is 0 Å². The summed E-state index contributed by atoms with van der Waals surface area (Å²) < 4.78 is 26.4. The highest BCUT2D eigenvalue weighted by molar-refractivity contribution is 5.92. The summed E-state index contributed by atoms with van der Waals surface area (Å²) in [7, 11) is 0. The van der Waals surface area contributed by atoms with E-state index in [1.807, 2.05) is 0 Å². The second-order valence-electron chi connectivity index (χ2n) is 5.14. The van der Waals surface area contributed by atoms with Gasteiger partial charge in [0.25, 0.3) is 5.91 Å². The first-order chi connectivity index (χ1) is 10.1. The van der Waals surface area contributed by atoms with E-state index in [0.29, 0.717) is 12.1 Å². The van der Waals surface area contributed by atoms with Crippen LogP contribution >= 0.6 is 0 Å². The molecule has 0 spiro atoms. The van der Waals surface area contributed by atoms with Gasteiger partial charge in [-0.25, -0.2) is 9.37 Å². The molecule has 1 aromatic carbocycles. The molecule has 1 heterocycles. The number of carbonyl (C=O) groups is 1. The van der Waals surface area contributed by atoms with Gasteiger partial charge >= 0.3 is 0 Å². The largest absolute Gasteiger partial charge is 0.330 e. The molecule has 1 saturated carbocycles. The lowest BCUT2D eigenvalue weighted by atomic mass is 10.2. The Hall–Kier alpha value is -2.30. The normalized spacial score (nSPS) is 14.0. The van der Waals surface area contributed by atoms with Crippen LogP contribution in [0.15, 0.2) is 42.5 Å². The van der Waals surface area contributed by atoms with Crippen molar-refractivity contribution in [3.63, 3.8) is 0 Å². The quantitative estimate of drug-likeness (QED) is 0.810. The minimum Gasteiger partial charge on any atom is -0.330 e. The molecule has 0 radical (unpaired) electrons. The molecule has 0 aliphatic heterocycles. The topological polar surface area (TPSA) is 33.2 Å². The van der Waals surface area contributed by atoms with Gasteiger partial charge in [0.05, 0.1) is 0 Å². The molecule has 3 rings (SSSR count). The van der Waals surface area contributed by atoms with Gasteiger partial charge in [-0.3, -0.25) is 4.79 Å². The fourth-order valence-corrected chi connectivity index (χ4v) is 2.26. The van der Waals surface area contributed by atoms with Gasteiger partial charge in [-0.15, -0.1) is 0 Å². The Morgan fingerprint density at radius 2 is 1.95 bits per heavy atom. The number of rotatable bonds is 4. The first kappa shape index (κ1) is 13.7. The molecule has 2 aromatic rings. The molecule has 1 amide bonds. The number of halogens is 2. The summed E-state index contributed by atoms with van der Waals surface area (Å²) in [4.78, 5) is 17.7. The van der Waals surface area contributed by atoms with E-state index in [9.17, 15) is 13.6 Å². The van der Waals surface area contributed by atoms with Crippen molar-refractivity contribution >= 4 is 5.91 Å². The van der Waals surface area contributed by atoms with Crippen molar-refractivity contribution in [1.29, 1.82) is 0 Å². The number of carbonyl (C=O) groups excluding carboxylic acids is 1. The summed E-state index contributed by atoms with van der Waals surface area (Å²) >= 11 is 0. The molecule has 0 unspecified atom stereocenters. The lowest BCUT2D eigenvalue weighted by molar-refractivity contribution is 0.0722. The van der Waals surface area contributed by atoms with Crippen LogP contribution in [0.25, 0.3) is 0 Å². The third-order valence-corrected chi connectivity index (χ3v) is 3.42. The lowest BCUT2D eigenvalue weighted by Gasteiger charge is -2.22. The fraction of sp³-hybridized carbons (Fsp3) is 0.250. The average Bonchev–Trinajstić information content (AvgIpc) is 3.29. The predicted octanol–water partition coefficient (Wildman–Crippen LogP) is 3.16. The van der Waals surface area contributed by atoms with E-state index in [-0.39, 0.29) is 23.5 Å². The Morgan fingerprint density at radius 1 is 1.19 bits per heavy atom. The maximum absolute atomic E-state index is 13.2. The molecule has 108 valence electrons. The number of aromatic nitrogens is 1. The highest BCUT2D eigenvalue weighted by Crippen LogP contribution is 2.29. The Labute approximate surface area is 121 Å². The summed E-state index contributed by atoms with van der Waals surface area (Å²) in [5.41, 5.74) is 0.796. The summed E-state index contributed by atoms with van der Waals surface area (Å²) in [6.07, 6.45) is 1.83. The van der Waals surface area contributed by atoms with Crippen LogP contribution in [0.5, 0.6) is 0 Å². The van der Waals surface area contributed by atoms with Gasteiger partial charge in [0.1, 0.15) is 11.5 Å². The van der Waals surface area contributed by atoms with E-state index in [2.05, 4.69) is 4.98 Å². The van der Waals surface area contributed by atoms with Crippen LogP contribution in [0.1, 0.15) is 28.9 Å². The van der Waals surface area contributed by atoms with E-state index >= 15 is 0 Å². The van der Waals surface area contributed by atoms with E-state index in [1.165, 1.54) is 30.3 Å². The average molecular weight is 288 g/mol. The second-order valence-corrected chi connectivity index (χ2v) is 5.14. The molecule has 0 N–H and O–H groups in total. The zero-order valence-corrected chi connectivity index (χ0v) is 11.3. The number of pyridine rings is 1. The Balaban J connectivity index is 1.83. The van der Waals surface area contributed by atoms with Crippen molar-refractivity contribution in [1.82, 2.24) is 9.88 Å². The highest BCUT2D eigenvalue weighted by atomic mass is 19.1. The van der Waals surface area contributed by atoms with Crippen molar-refractivity contribution < 1.29 is 13.6 Å². The van der Waals surface area contributed by atoms with Crippen LogP contribution < -0.4 is 0 Å². The Kier molecular flexibility index (Phi) is 3.64. The standard InChI is InChI=1S/C16H14F2N2O/c17-12-4-1-3-11(9-12)10-20(13-7-8-13)16(21)14-5-2-6-15(18)19-14/h1-6,9,13H,7-8,10H2. The molecule has 1 aliphatic rings. The third-order valence-electron chi connectivity index (χ3n) is 3.42. The number of hydrogen-bond acceptors (Lipinski definition) is 2. The monoisotopic (exact) mass is 288 g/mol. The van der Waals surface area contributed by atoms with E-state index in [0.717, 1.165) is 12.8 Å². The van der Waals surface area contributed by atoms with Gasteiger partial charge < -0.3 is 4.90 Å². The first-order valence-electron chi connectivity index (χ1n) is 6.81. The van der Waals surface area contributed by atoms with Crippen molar-refractivity contribution in [2.45, 2.75) is 25.4 Å². The van der Waals surface area contributed by atoms with Gasteiger partial charge in [-0.2, -0.15) is 4.39 Å². The first-order valence-corrected chi connectivity index (χ1v) is 6.81. The lowest BCUT2D eigenvalue weighted by Crippen LogP contribution is -2.33. The number of amides is 1. The van der Waals surface area contributed by atoms with Crippen molar-refractivity contribution in [3.8, 4) is 0 Å². The molecule has 0 bridgehead atoms. The molecular formula is C16H14F2N2O. The molecule has 5 heteroatoms. The summed E-state index contributed by atoms with van der Waals surface area (Å²) in [5.74, 6) is -1.33. The molecule has 0 saturated heterocycles. The highest BCUT2D eigenvalue weighted by Gasteiger charge is 2.33. The third kappa shape index (κ3) is 3.24. The second kappa shape index (κ2) is 5.60. The summed E-state index contributed by atoms with van der Waals surface area (Å²) in [6, 6.07) is 10.4. The van der Waals surface area contributed by atoms with Crippen LogP contribution in [-0.4, -0.2) is 21.8 Å². The van der Waals surface area contributed by atoms with Crippen LogP contribution in [0, 0.1) is 11.8 Å².